The first-order valence-electron chi connectivity index (χ1n) is 7.31. The molecule has 4 heteroatoms. The number of hydrogen-bond acceptors (Lipinski definition) is 4. The van der Waals surface area contributed by atoms with Gasteiger partial charge in [-0.25, -0.2) is 0 Å². The molecule has 1 saturated heterocycles. The van der Waals surface area contributed by atoms with Crippen molar-refractivity contribution in [1.82, 2.24) is 10.2 Å². The summed E-state index contributed by atoms with van der Waals surface area (Å²) < 4.78 is 5.72. The zero-order valence-corrected chi connectivity index (χ0v) is 12.1. The second kappa shape index (κ2) is 7.88. The fourth-order valence-electron chi connectivity index (χ4n) is 2.62. The first-order chi connectivity index (χ1) is 9.81. The van der Waals surface area contributed by atoms with E-state index in [9.17, 15) is 0 Å². The Morgan fingerprint density at radius 1 is 1.30 bits per heavy atom. The fourth-order valence-corrected chi connectivity index (χ4v) is 2.62. The fraction of sp³-hybridized carbons (Fsp3) is 0.562. The van der Waals surface area contributed by atoms with Gasteiger partial charge in [-0.15, -0.1) is 0 Å². The minimum Gasteiger partial charge on any atom is -0.492 e. The molecule has 108 valence electrons. The highest BCUT2D eigenvalue weighted by molar-refractivity contribution is 5.34. The van der Waals surface area contributed by atoms with Crippen LogP contribution in [0, 0.1) is 17.2 Å². The van der Waals surface area contributed by atoms with Crippen molar-refractivity contribution < 1.29 is 4.74 Å². The zero-order valence-electron chi connectivity index (χ0n) is 12.1. The number of likely N-dealkylation sites (tertiary alicyclic amines) is 1. The van der Waals surface area contributed by atoms with Gasteiger partial charge in [-0.2, -0.15) is 5.26 Å². The number of benzene rings is 1. The maximum atomic E-state index is 8.73. The molecule has 1 aliphatic heterocycles. The van der Waals surface area contributed by atoms with Gasteiger partial charge in [0, 0.05) is 6.54 Å². The molecule has 0 bridgehead atoms. The number of nitriles is 1. The van der Waals surface area contributed by atoms with Gasteiger partial charge in [0.15, 0.2) is 0 Å². The summed E-state index contributed by atoms with van der Waals surface area (Å²) in [6.45, 7) is 5.16. The Hall–Kier alpha value is -1.57. The van der Waals surface area contributed by atoms with Crippen LogP contribution >= 0.6 is 0 Å². The van der Waals surface area contributed by atoms with E-state index in [2.05, 4.69) is 16.3 Å². The van der Waals surface area contributed by atoms with E-state index < -0.39 is 0 Å². The molecule has 1 fully saturated rings. The number of hydrogen-bond donors (Lipinski definition) is 1. The maximum Gasteiger partial charge on any atom is 0.119 e. The maximum absolute atomic E-state index is 8.73. The van der Waals surface area contributed by atoms with Crippen molar-refractivity contribution in [1.29, 1.82) is 5.26 Å². The highest BCUT2D eigenvalue weighted by Gasteiger charge is 2.18. The molecule has 0 unspecified atom stereocenters. The van der Waals surface area contributed by atoms with Crippen molar-refractivity contribution in [2.24, 2.45) is 5.92 Å². The van der Waals surface area contributed by atoms with Crippen LogP contribution < -0.4 is 10.1 Å². The Kier molecular flexibility index (Phi) is 5.85. The third-order valence-electron chi connectivity index (χ3n) is 3.86. The van der Waals surface area contributed by atoms with Crippen LogP contribution in [-0.2, 0) is 0 Å². The van der Waals surface area contributed by atoms with Crippen molar-refractivity contribution in [3.8, 4) is 11.8 Å². The molecule has 1 heterocycles. The molecule has 0 saturated carbocycles. The van der Waals surface area contributed by atoms with Crippen LogP contribution in [0.25, 0.3) is 0 Å². The first-order valence-corrected chi connectivity index (χ1v) is 7.31. The predicted octanol–water partition coefficient (Wildman–Crippen LogP) is 1.87. The molecule has 1 aromatic carbocycles. The van der Waals surface area contributed by atoms with E-state index in [0.29, 0.717) is 12.2 Å². The number of nitrogens with zero attached hydrogens (tertiary/aromatic N) is 2. The first kappa shape index (κ1) is 14.8. The standard InChI is InChI=1S/C16H23N3O/c1-18-13-15-6-8-19(9-7-15)10-11-20-16-4-2-14(12-17)3-5-16/h2-5,15,18H,6-11,13H2,1H3. The summed E-state index contributed by atoms with van der Waals surface area (Å²) in [6.07, 6.45) is 2.55. The molecule has 0 atom stereocenters. The van der Waals surface area contributed by atoms with Crippen LogP contribution in [0.5, 0.6) is 5.75 Å². The highest BCUT2D eigenvalue weighted by Crippen LogP contribution is 2.16. The molecule has 2 rings (SSSR count). The van der Waals surface area contributed by atoms with Crippen molar-refractivity contribution in [3.63, 3.8) is 0 Å². The van der Waals surface area contributed by atoms with Crippen LogP contribution in [0.3, 0.4) is 0 Å². The number of ether oxygens (including phenoxy) is 1. The lowest BCUT2D eigenvalue weighted by Gasteiger charge is -2.31. The molecular weight excluding hydrogens is 250 g/mol. The summed E-state index contributed by atoms with van der Waals surface area (Å²) in [5.41, 5.74) is 0.670. The van der Waals surface area contributed by atoms with Crippen molar-refractivity contribution in [2.75, 3.05) is 39.8 Å². The van der Waals surface area contributed by atoms with Crippen LogP contribution in [0.2, 0.25) is 0 Å². The molecule has 0 spiro atoms. The van der Waals surface area contributed by atoms with E-state index in [0.717, 1.165) is 24.8 Å². The van der Waals surface area contributed by atoms with E-state index in [-0.39, 0.29) is 0 Å². The van der Waals surface area contributed by atoms with Gasteiger partial charge in [-0.3, -0.25) is 4.90 Å². The van der Waals surface area contributed by atoms with Gasteiger partial charge in [0.2, 0.25) is 0 Å². The van der Waals surface area contributed by atoms with Crippen molar-refractivity contribution in [3.05, 3.63) is 29.8 Å². The monoisotopic (exact) mass is 273 g/mol. The molecular formula is C16H23N3O. The lowest BCUT2D eigenvalue weighted by Crippen LogP contribution is -2.38. The molecule has 0 aliphatic carbocycles. The Morgan fingerprint density at radius 3 is 2.60 bits per heavy atom. The second-order valence-electron chi connectivity index (χ2n) is 5.33. The molecule has 0 radical (unpaired) electrons. The largest absolute Gasteiger partial charge is 0.492 e. The zero-order chi connectivity index (χ0) is 14.2. The van der Waals surface area contributed by atoms with Gasteiger partial charge in [0.1, 0.15) is 12.4 Å². The van der Waals surface area contributed by atoms with Crippen molar-refractivity contribution >= 4 is 0 Å². The summed E-state index contributed by atoms with van der Waals surface area (Å²) in [7, 11) is 2.03. The van der Waals surface area contributed by atoms with E-state index in [4.69, 9.17) is 10.00 Å². The molecule has 0 amide bonds. The summed E-state index contributed by atoms with van der Waals surface area (Å²) in [5.74, 6) is 1.67. The van der Waals surface area contributed by atoms with Crippen LogP contribution in [0.1, 0.15) is 18.4 Å². The third kappa shape index (κ3) is 4.52. The highest BCUT2D eigenvalue weighted by atomic mass is 16.5. The molecule has 20 heavy (non-hydrogen) atoms. The molecule has 4 nitrogen and oxygen atoms in total. The van der Waals surface area contributed by atoms with E-state index in [1.54, 1.807) is 12.1 Å². The average molecular weight is 273 g/mol. The molecule has 1 aromatic rings. The van der Waals surface area contributed by atoms with Gasteiger partial charge < -0.3 is 10.1 Å². The predicted molar refractivity (Wildman–Crippen MR) is 79.7 cm³/mol. The van der Waals surface area contributed by atoms with Crippen LogP contribution in [0.4, 0.5) is 0 Å². The average Bonchev–Trinajstić information content (AvgIpc) is 2.50. The Balaban J connectivity index is 1.65. The quantitative estimate of drug-likeness (QED) is 0.859. The SMILES string of the molecule is CNCC1CCN(CCOc2ccc(C#N)cc2)CC1. The summed E-state index contributed by atoms with van der Waals surface area (Å²) in [4.78, 5) is 2.47. The van der Waals surface area contributed by atoms with Crippen molar-refractivity contribution in [2.45, 2.75) is 12.8 Å². The van der Waals surface area contributed by atoms with E-state index in [1.807, 2.05) is 19.2 Å². The van der Waals surface area contributed by atoms with E-state index in [1.165, 1.54) is 25.9 Å². The van der Waals surface area contributed by atoms with Gasteiger partial charge in [0.25, 0.3) is 0 Å². The summed E-state index contributed by atoms with van der Waals surface area (Å²) >= 11 is 0. The summed E-state index contributed by atoms with van der Waals surface area (Å²) in [5, 5.41) is 12.0. The summed E-state index contributed by atoms with van der Waals surface area (Å²) in [6, 6.07) is 9.41. The lowest BCUT2D eigenvalue weighted by molar-refractivity contribution is 0.155. The van der Waals surface area contributed by atoms with Crippen LogP contribution in [-0.4, -0.2) is 44.7 Å². The topological polar surface area (TPSA) is 48.3 Å². The van der Waals surface area contributed by atoms with Gasteiger partial charge >= 0.3 is 0 Å². The smallest absolute Gasteiger partial charge is 0.119 e. The van der Waals surface area contributed by atoms with E-state index >= 15 is 0 Å². The molecule has 1 N–H and O–H groups in total. The number of rotatable bonds is 6. The Labute approximate surface area is 121 Å². The molecule has 0 aromatic heterocycles. The third-order valence-corrected chi connectivity index (χ3v) is 3.86. The van der Waals surface area contributed by atoms with Gasteiger partial charge in [-0.05, 0) is 69.7 Å². The Bertz CT molecular complexity index is 430. The minimum atomic E-state index is 0.670. The minimum absolute atomic E-state index is 0.670. The number of nitrogens with one attached hydrogen (secondary N) is 1. The Morgan fingerprint density at radius 2 is 2.00 bits per heavy atom. The normalized spacial score (nSPS) is 16.8. The van der Waals surface area contributed by atoms with Gasteiger partial charge in [0.05, 0.1) is 11.6 Å². The second-order valence-corrected chi connectivity index (χ2v) is 5.33. The number of piperidine rings is 1. The van der Waals surface area contributed by atoms with Gasteiger partial charge in [-0.1, -0.05) is 0 Å². The molecule has 1 aliphatic rings. The lowest BCUT2D eigenvalue weighted by atomic mass is 9.97. The van der Waals surface area contributed by atoms with Crippen LogP contribution in [0.15, 0.2) is 24.3 Å².